The van der Waals surface area contributed by atoms with E-state index < -0.39 is 15.3 Å². The van der Waals surface area contributed by atoms with Crippen LogP contribution in [0.15, 0.2) is 58.0 Å². The Hall–Kier alpha value is -3.46. The standard InChI is InChI=1S/C22H17NO7S/c1-31(25,26)20-7-6-13(30-20)10-23-16-5-3-2-4-14(16)22(21(23)24)11-27-17-9-19-18(8-15(17)22)28-12-29-19/h2-9H,10-12H2,1H3. The van der Waals surface area contributed by atoms with Crippen LogP contribution in [0.2, 0.25) is 0 Å². The first kappa shape index (κ1) is 18.3. The molecule has 0 fully saturated rings. The third-order valence-corrected chi connectivity index (χ3v) is 6.91. The van der Waals surface area contributed by atoms with E-state index in [0.29, 0.717) is 23.0 Å². The molecule has 3 aromatic rings. The number of anilines is 1. The second-order valence-corrected chi connectivity index (χ2v) is 9.74. The molecule has 3 aliphatic heterocycles. The Balaban J connectivity index is 1.46. The molecule has 1 unspecified atom stereocenters. The molecule has 0 saturated heterocycles. The van der Waals surface area contributed by atoms with Crippen molar-refractivity contribution in [3.05, 3.63) is 65.4 Å². The lowest BCUT2D eigenvalue weighted by Gasteiger charge is -2.22. The van der Waals surface area contributed by atoms with Crippen LogP contribution >= 0.6 is 0 Å². The van der Waals surface area contributed by atoms with Gasteiger partial charge in [0, 0.05) is 23.6 Å². The summed E-state index contributed by atoms with van der Waals surface area (Å²) in [5.41, 5.74) is 1.28. The third-order valence-electron chi connectivity index (χ3n) is 5.96. The van der Waals surface area contributed by atoms with Crippen LogP contribution in [0.25, 0.3) is 0 Å². The Morgan fingerprint density at radius 2 is 1.74 bits per heavy atom. The minimum Gasteiger partial charge on any atom is -0.491 e. The number of sulfone groups is 1. The average Bonchev–Trinajstić information content (AvgIpc) is 3.50. The van der Waals surface area contributed by atoms with Crippen molar-refractivity contribution in [1.82, 2.24) is 0 Å². The number of benzene rings is 2. The van der Waals surface area contributed by atoms with Gasteiger partial charge >= 0.3 is 0 Å². The van der Waals surface area contributed by atoms with Crippen molar-refractivity contribution in [2.45, 2.75) is 17.1 Å². The van der Waals surface area contributed by atoms with Gasteiger partial charge in [0.05, 0.1) is 6.54 Å². The largest absolute Gasteiger partial charge is 0.491 e. The molecule has 9 heteroatoms. The number of fused-ring (bicyclic) bond motifs is 5. The van der Waals surface area contributed by atoms with Gasteiger partial charge < -0.3 is 23.5 Å². The van der Waals surface area contributed by atoms with Gasteiger partial charge in [-0.1, -0.05) is 18.2 Å². The molecule has 8 nitrogen and oxygen atoms in total. The van der Waals surface area contributed by atoms with Gasteiger partial charge in [0.15, 0.2) is 11.5 Å². The summed E-state index contributed by atoms with van der Waals surface area (Å²) >= 11 is 0. The molecule has 6 rings (SSSR count). The van der Waals surface area contributed by atoms with Crippen LogP contribution in [0, 0.1) is 0 Å². The minimum atomic E-state index is -3.47. The first-order chi connectivity index (χ1) is 14.9. The van der Waals surface area contributed by atoms with Crippen LogP contribution in [0.4, 0.5) is 5.69 Å². The summed E-state index contributed by atoms with van der Waals surface area (Å²) in [5, 5.41) is -0.126. The fraction of sp³-hybridized carbons (Fsp3) is 0.227. The zero-order valence-corrected chi connectivity index (χ0v) is 17.3. The molecule has 0 aliphatic carbocycles. The van der Waals surface area contributed by atoms with E-state index in [0.717, 1.165) is 23.1 Å². The van der Waals surface area contributed by atoms with E-state index in [1.165, 1.54) is 6.07 Å². The van der Waals surface area contributed by atoms with Crippen LogP contribution in [0.5, 0.6) is 17.2 Å². The van der Waals surface area contributed by atoms with Gasteiger partial charge in [0.25, 0.3) is 0 Å². The van der Waals surface area contributed by atoms with Crippen LogP contribution < -0.4 is 19.1 Å². The maximum atomic E-state index is 13.9. The van der Waals surface area contributed by atoms with Crippen molar-refractivity contribution in [2.75, 3.05) is 24.6 Å². The maximum absolute atomic E-state index is 13.9. The van der Waals surface area contributed by atoms with Crippen molar-refractivity contribution in [3.8, 4) is 17.2 Å². The summed E-state index contributed by atoms with van der Waals surface area (Å²) in [7, 11) is -3.47. The lowest BCUT2D eigenvalue weighted by atomic mass is 9.77. The summed E-state index contributed by atoms with van der Waals surface area (Å²) < 4.78 is 46.0. The van der Waals surface area contributed by atoms with Crippen LogP contribution in [-0.2, 0) is 26.6 Å². The number of rotatable bonds is 3. The van der Waals surface area contributed by atoms with Gasteiger partial charge in [-0.2, -0.15) is 0 Å². The zero-order chi connectivity index (χ0) is 21.4. The number of hydrogen-bond donors (Lipinski definition) is 0. The van der Waals surface area contributed by atoms with E-state index in [1.807, 2.05) is 30.3 Å². The van der Waals surface area contributed by atoms with Gasteiger partial charge in [0.1, 0.15) is 23.5 Å². The van der Waals surface area contributed by atoms with Gasteiger partial charge in [-0.15, -0.1) is 0 Å². The topological polar surface area (TPSA) is 95.3 Å². The number of nitrogens with zero attached hydrogens (tertiary/aromatic N) is 1. The highest BCUT2D eigenvalue weighted by atomic mass is 32.2. The third kappa shape index (κ3) is 2.46. The fourth-order valence-corrected chi connectivity index (χ4v) is 5.09. The molecule has 1 spiro atoms. The van der Waals surface area contributed by atoms with Crippen molar-refractivity contribution < 1.29 is 31.8 Å². The van der Waals surface area contributed by atoms with Crippen molar-refractivity contribution in [1.29, 1.82) is 0 Å². The number of hydrogen-bond acceptors (Lipinski definition) is 7. The second kappa shape index (κ2) is 6.04. The predicted molar refractivity (Wildman–Crippen MR) is 108 cm³/mol. The molecule has 1 amide bonds. The van der Waals surface area contributed by atoms with Crippen molar-refractivity contribution >= 4 is 21.4 Å². The van der Waals surface area contributed by atoms with Gasteiger partial charge in [-0.05, 0) is 29.8 Å². The molecule has 1 atom stereocenters. The van der Waals surface area contributed by atoms with E-state index in [-0.39, 0.29) is 30.9 Å². The Morgan fingerprint density at radius 1 is 0.968 bits per heavy atom. The first-order valence-corrected chi connectivity index (χ1v) is 11.5. The van der Waals surface area contributed by atoms with Crippen LogP contribution in [0.1, 0.15) is 16.9 Å². The number of carbonyl (C=O) groups excluding carboxylic acids is 1. The number of para-hydroxylation sites is 1. The Labute approximate surface area is 177 Å². The van der Waals surface area contributed by atoms with E-state index in [1.54, 1.807) is 17.0 Å². The Kier molecular flexibility index (Phi) is 3.57. The van der Waals surface area contributed by atoms with Crippen LogP contribution in [0.3, 0.4) is 0 Å². The average molecular weight is 439 g/mol. The summed E-state index contributed by atoms with van der Waals surface area (Å²) in [4.78, 5) is 15.5. The number of furan rings is 1. The monoisotopic (exact) mass is 439 g/mol. The molecular weight excluding hydrogens is 422 g/mol. The first-order valence-electron chi connectivity index (χ1n) is 9.65. The normalized spacial score (nSPS) is 20.8. The predicted octanol–water partition coefficient (Wildman–Crippen LogP) is 2.64. The molecule has 0 bridgehead atoms. The van der Waals surface area contributed by atoms with Crippen LogP contribution in [-0.4, -0.2) is 34.0 Å². The molecule has 1 aromatic heterocycles. The summed E-state index contributed by atoms with van der Waals surface area (Å²) in [5.74, 6) is 1.98. The van der Waals surface area contributed by atoms with Crippen molar-refractivity contribution in [3.63, 3.8) is 0 Å². The molecule has 158 valence electrons. The molecule has 0 N–H and O–H groups in total. The SMILES string of the molecule is CS(=O)(=O)c1ccc(CN2C(=O)C3(COc4cc5c(cc43)OCO5)c3ccccc32)o1. The van der Waals surface area contributed by atoms with E-state index in [2.05, 4.69) is 0 Å². The molecule has 0 radical (unpaired) electrons. The molecule has 2 aromatic carbocycles. The summed E-state index contributed by atoms with van der Waals surface area (Å²) in [6, 6.07) is 14.1. The van der Waals surface area contributed by atoms with E-state index in [9.17, 15) is 13.2 Å². The molecule has 0 saturated carbocycles. The summed E-state index contributed by atoms with van der Waals surface area (Å²) in [6.45, 7) is 0.389. The van der Waals surface area contributed by atoms with Gasteiger partial charge in [-0.3, -0.25) is 4.79 Å². The molecule has 4 heterocycles. The fourth-order valence-electron chi connectivity index (χ4n) is 4.52. The number of amides is 1. The lowest BCUT2D eigenvalue weighted by Crippen LogP contribution is -2.42. The zero-order valence-electron chi connectivity index (χ0n) is 16.5. The summed E-state index contributed by atoms with van der Waals surface area (Å²) in [6.07, 6.45) is 1.08. The minimum absolute atomic E-state index is 0.104. The Morgan fingerprint density at radius 3 is 2.52 bits per heavy atom. The van der Waals surface area contributed by atoms with Gasteiger partial charge in [0.2, 0.25) is 27.6 Å². The lowest BCUT2D eigenvalue weighted by molar-refractivity contribution is -0.122. The second-order valence-electron chi connectivity index (χ2n) is 7.80. The molecular formula is C22H17NO7S. The van der Waals surface area contributed by atoms with E-state index >= 15 is 0 Å². The molecule has 31 heavy (non-hydrogen) atoms. The highest BCUT2D eigenvalue weighted by Gasteiger charge is 2.57. The Bertz CT molecular complexity index is 1360. The molecule has 3 aliphatic rings. The number of ether oxygens (including phenoxy) is 3. The quantitative estimate of drug-likeness (QED) is 0.619. The highest BCUT2D eigenvalue weighted by Crippen LogP contribution is 2.55. The smallest absolute Gasteiger partial charge is 0.246 e. The highest BCUT2D eigenvalue weighted by molar-refractivity contribution is 7.90. The van der Waals surface area contributed by atoms with Crippen molar-refractivity contribution in [2.24, 2.45) is 0 Å². The van der Waals surface area contributed by atoms with E-state index in [4.69, 9.17) is 18.6 Å². The van der Waals surface area contributed by atoms with Gasteiger partial charge in [-0.25, -0.2) is 8.42 Å². The maximum Gasteiger partial charge on any atom is 0.246 e. The number of carbonyl (C=O) groups is 1.